The van der Waals surface area contributed by atoms with Gasteiger partial charge in [0.15, 0.2) is 0 Å². The summed E-state index contributed by atoms with van der Waals surface area (Å²) in [5, 5.41) is 17.5. The molecule has 0 amide bonds. The first kappa shape index (κ1) is 6.68. The van der Waals surface area contributed by atoms with Crippen LogP contribution in [0.4, 0.5) is 0 Å². The number of nitrogens with zero attached hydrogens (tertiary/aromatic N) is 4. The molecule has 0 unspecified atom stereocenters. The van der Waals surface area contributed by atoms with E-state index < -0.39 is 0 Å². The van der Waals surface area contributed by atoms with Crippen molar-refractivity contribution >= 4 is 12.8 Å². The summed E-state index contributed by atoms with van der Waals surface area (Å²) in [6.45, 7) is 0.323. The predicted octanol–water partition coefficient (Wildman–Crippen LogP) is 0.944. The number of hydrogen-bond acceptors (Lipinski definition) is 6. The highest BCUT2D eigenvalue weighted by molar-refractivity contribution is 7.77. The minimum Gasteiger partial charge on any atom is -0.294 e. The summed E-state index contributed by atoms with van der Waals surface area (Å²) in [6.07, 6.45) is 3.11. The van der Waals surface area contributed by atoms with Gasteiger partial charge in [0, 0.05) is 0 Å². The summed E-state index contributed by atoms with van der Waals surface area (Å²) >= 11 is 4.10. The van der Waals surface area contributed by atoms with E-state index in [1.165, 1.54) is 6.20 Å². The van der Waals surface area contributed by atoms with E-state index in [9.17, 15) is 0 Å². The van der Waals surface area contributed by atoms with Crippen molar-refractivity contribution in [2.24, 2.45) is 10.2 Å². The van der Waals surface area contributed by atoms with Gasteiger partial charge in [0.25, 0.3) is 0 Å². The summed E-state index contributed by atoms with van der Waals surface area (Å²) in [4.78, 5) is 0. The molecule has 0 atom stereocenters. The third-order valence-electron chi connectivity index (χ3n) is 1.44. The Morgan fingerprint density at radius 1 is 1.64 bits per heavy atom. The van der Waals surface area contributed by atoms with Crippen molar-refractivity contribution in [2.75, 3.05) is 6.67 Å². The zero-order chi connectivity index (χ0) is 7.84. The van der Waals surface area contributed by atoms with E-state index in [1.807, 2.05) is 0 Å². The van der Waals surface area contributed by atoms with Crippen molar-refractivity contribution in [3.63, 3.8) is 0 Å². The van der Waals surface area contributed by atoms with Crippen LogP contribution in [0.15, 0.2) is 34.0 Å². The van der Waals surface area contributed by atoms with E-state index in [0.717, 1.165) is 10.8 Å². The molecule has 0 aromatic carbocycles. The summed E-state index contributed by atoms with van der Waals surface area (Å²) < 4.78 is 1.56. The Balaban J connectivity index is 2.37. The molecule has 6 heteroatoms. The lowest BCUT2D eigenvalue weighted by Crippen LogP contribution is -2.30. The van der Waals surface area contributed by atoms with Crippen molar-refractivity contribution in [3.8, 4) is 0 Å². The second-order valence-corrected chi connectivity index (χ2v) is 2.71. The first-order valence-electron chi connectivity index (χ1n) is 3.02. The summed E-state index contributed by atoms with van der Waals surface area (Å²) in [6, 6.07) is 0. The van der Waals surface area contributed by atoms with Crippen LogP contribution in [-0.2, 0) is 0 Å². The lowest BCUT2D eigenvalue weighted by molar-refractivity contribution is -0.0637. The molecule has 2 aliphatic rings. The monoisotopic (exact) mass is 170 g/mol. The molecule has 2 rings (SSSR count). The number of fused-ring (bicyclic) bond motifs is 1. The van der Waals surface area contributed by atoms with Crippen LogP contribution in [-0.4, -0.2) is 21.2 Å². The minimum absolute atomic E-state index is 0.323. The predicted molar refractivity (Wildman–Crippen MR) is 40.3 cm³/mol. The van der Waals surface area contributed by atoms with Crippen LogP contribution in [0.25, 0.3) is 0 Å². The van der Waals surface area contributed by atoms with Crippen LogP contribution < -0.4 is 0 Å². The first-order valence-corrected chi connectivity index (χ1v) is 3.42. The molecule has 0 aliphatic carbocycles. The van der Waals surface area contributed by atoms with E-state index in [2.05, 4.69) is 23.0 Å². The number of hydroxylamine groups is 2. The molecule has 0 aromatic heterocycles. The highest BCUT2D eigenvalue weighted by Crippen LogP contribution is 2.27. The van der Waals surface area contributed by atoms with E-state index in [0.29, 0.717) is 12.4 Å². The lowest BCUT2D eigenvalue weighted by atomic mass is 10.3. The molecule has 0 fully saturated rings. The quantitative estimate of drug-likeness (QED) is 0.532. The molecule has 0 saturated heterocycles. The van der Waals surface area contributed by atoms with Gasteiger partial charge in [-0.25, -0.2) is 5.06 Å². The van der Waals surface area contributed by atoms with Gasteiger partial charge >= 0.3 is 0 Å². The fourth-order valence-electron chi connectivity index (χ4n) is 0.949. The Hall–Kier alpha value is -1.01. The topological polar surface area (TPSA) is 51.4 Å². The van der Waals surface area contributed by atoms with Gasteiger partial charge in [-0.15, -0.1) is 5.11 Å². The van der Waals surface area contributed by atoms with Crippen LogP contribution in [0.5, 0.6) is 0 Å². The largest absolute Gasteiger partial charge is 0.294 e. The van der Waals surface area contributed by atoms with Crippen LogP contribution in [0.2, 0.25) is 0 Å². The second-order valence-electron chi connectivity index (χ2n) is 2.22. The Labute approximate surface area is 68.8 Å². The molecule has 0 bridgehead atoms. The average molecular weight is 170 g/mol. The summed E-state index contributed by atoms with van der Waals surface area (Å²) in [5.41, 5.74) is 1.45. The Morgan fingerprint density at radius 3 is 3.27 bits per heavy atom. The van der Waals surface area contributed by atoms with E-state index in [1.54, 1.807) is 10.5 Å². The molecule has 0 radical (unpaired) electrons. The van der Waals surface area contributed by atoms with Crippen molar-refractivity contribution in [3.05, 3.63) is 23.8 Å². The van der Waals surface area contributed by atoms with E-state index >= 15 is 0 Å². The molecule has 0 saturated carbocycles. The highest BCUT2D eigenvalue weighted by atomic mass is 32.1. The number of rotatable bonds is 0. The number of azo groups is 1. The van der Waals surface area contributed by atoms with Crippen molar-refractivity contribution in [1.29, 1.82) is 0 Å². The average Bonchev–Trinajstić information content (AvgIpc) is 2.34. The second kappa shape index (κ2) is 2.24. The van der Waals surface area contributed by atoms with Gasteiger partial charge in [0.05, 0.1) is 18.1 Å². The molecule has 2 heterocycles. The zero-order valence-electron chi connectivity index (χ0n) is 5.55. The van der Waals surface area contributed by atoms with Crippen molar-refractivity contribution in [2.45, 2.75) is 0 Å². The fourth-order valence-corrected chi connectivity index (χ4v) is 1.23. The maximum Gasteiger partial charge on any atom is 0.130 e. The third-order valence-corrected chi connectivity index (χ3v) is 1.78. The Kier molecular flexibility index (Phi) is 1.36. The number of hydrogen-bond donors (Lipinski definition) is 2. The van der Waals surface area contributed by atoms with Crippen molar-refractivity contribution < 1.29 is 5.21 Å². The Bertz CT molecular complexity index is 272. The molecule has 2 aliphatic heterocycles. The molecule has 1 N–H and O–H groups in total. The molecular formula is C5H6N4OS. The lowest BCUT2D eigenvalue weighted by Gasteiger charge is -2.27. The van der Waals surface area contributed by atoms with Gasteiger partial charge in [0.1, 0.15) is 12.4 Å². The Morgan fingerprint density at radius 2 is 2.45 bits per heavy atom. The molecule has 5 nitrogen and oxygen atoms in total. The van der Waals surface area contributed by atoms with Crippen LogP contribution in [0.3, 0.4) is 0 Å². The zero-order valence-corrected chi connectivity index (χ0v) is 6.44. The molecule has 11 heavy (non-hydrogen) atoms. The maximum absolute atomic E-state index is 9.06. The van der Waals surface area contributed by atoms with Crippen LogP contribution >= 0.6 is 12.8 Å². The van der Waals surface area contributed by atoms with E-state index in [4.69, 9.17) is 5.21 Å². The van der Waals surface area contributed by atoms with Gasteiger partial charge in [0.2, 0.25) is 0 Å². The van der Waals surface area contributed by atoms with E-state index in [-0.39, 0.29) is 0 Å². The molecule has 0 spiro atoms. The minimum atomic E-state index is 0.323. The van der Waals surface area contributed by atoms with Crippen LogP contribution in [0, 0.1) is 0 Å². The van der Waals surface area contributed by atoms with Gasteiger partial charge in [-0.3, -0.25) is 9.51 Å². The molecule has 0 aromatic rings. The fraction of sp³-hybridized carbons (Fsp3) is 0.200. The highest BCUT2D eigenvalue weighted by Gasteiger charge is 2.21. The standard InChI is InChI=1S/C5H6N4OS/c10-8-2-4-5(1-6-7-4)9(11)3-8/h1-2,10-11H,3H2. The van der Waals surface area contributed by atoms with Crippen LogP contribution in [0.1, 0.15) is 0 Å². The summed E-state index contributed by atoms with van der Waals surface area (Å²) in [7, 11) is 0. The van der Waals surface area contributed by atoms with Gasteiger partial charge in [-0.2, -0.15) is 5.11 Å². The van der Waals surface area contributed by atoms with Gasteiger partial charge in [-0.05, 0) is 0 Å². The van der Waals surface area contributed by atoms with Crippen molar-refractivity contribution in [1.82, 2.24) is 9.37 Å². The third kappa shape index (κ3) is 0.997. The molecule has 58 valence electrons. The SMILES string of the molecule is ON1C=C2N=NC=C2N(S)C1. The first-order chi connectivity index (χ1) is 5.27. The smallest absolute Gasteiger partial charge is 0.130 e. The summed E-state index contributed by atoms with van der Waals surface area (Å²) in [5.74, 6) is 0. The number of thiol groups is 1. The molecular weight excluding hydrogens is 164 g/mol. The van der Waals surface area contributed by atoms with Gasteiger partial charge < -0.3 is 0 Å². The maximum atomic E-state index is 9.06. The normalized spacial score (nSPS) is 21.6. The van der Waals surface area contributed by atoms with Gasteiger partial charge in [-0.1, -0.05) is 12.8 Å².